The van der Waals surface area contributed by atoms with Crippen LogP contribution >= 0.6 is 0 Å². The first kappa shape index (κ1) is 13.9. The van der Waals surface area contributed by atoms with E-state index in [2.05, 4.69) is 32.9 Å². The molecule has 0 saturated carbocycles. The quantitative estimate of drug-likeness (QED) is 0.587. The molecule has 102 valence electrons. The van der Waals surface area contributed by atoms with Gasteiger partial charge in [0, 0.05) is 12.5 Å². The van der Waals surface area contributed by atoms with Crippen LogP contribution in [0.3, 0.4) is 0 Å². The topological polar surface area (TPSA) is 26.3 Å². The second-order valence-corrected chi connectivity index (χ2v) is 5.40. The molecule has 19 heavy (non-hydrogen) atoms. The Morgan fingerprint density at radius 3 is 2.68 bits per heavy atom. The molecule has 1 aromatic carbocycles. The van der Waals surface area contributed by atoms with Crippen LogP contribution in [0.4, 0.5) is 0 Å². The molecule has 0 aliphatic heterocycles. The Morgan fingerprint density at radius 2 is 2.05 bits per heavy atom. The molecule has 0 spiro atoms. The minimum Gasteiger partial charge on any atom is -0.426 e. The lowest BCUT2D eigenvalue weighted by molar-refractivity contribution is -0.131. The molecule has 0 bridgehead atoms. The summed E-state index contributed by atoms with van der Waals surface area (Å²) in [7, 11) is 0. The largest absolute Gasteiger partial charge is 0.426 e. The number of esters is 1. The van der Waals surface area contributed by atoms with Gasteiger partial charge in [0.25, 0.3) is 0 Å². The zero-order valence-electron chi connectivity index (χ0n) is 12.2. The molecule has 0 radical (unpaired) electrons. The third-order valence-electron chi connectivity index (χ3n) is 3.90. The van der Waals surface area contributed by atoms with Gasteiger partial charge in [-0.3, -0.25) is 4.79 Å². The molecule has 1 aliphatic carbocycles. The number of carbonyl (C=O) groups excluding carboxylic acids is 1. The summed E-state index contributed by atoms with van der Waals surface area (Å²) in [4.78, 5) is 11.3. The van der Waals surface area contributed by atoms with Crippen LogP contribution < -0.4 is 4.74 Å². The van der Waals surface area contributed by atoms with Crippen LogP contribution in [-0.4, -0.2) is 5.97 Å². The van der Waals surface area contributed by atoms with E-state index < -0.39 is 0 Å². The van der Waals surface area contributed by atoms with Crippen molar-refractivity contribution >= 4 is 11.5 Å². The fourth-order valence-electron chi connectivity index (χ4n) is 2.82. The van der Waals surface area contributed by atoms with Gasteiger partial charge in [-0.25, -0.2) is 0 Å². The van der Waals surface area contributed by atoms with Crippen molar-refractivity contribution in [3.05, 3.63) is 35.4 Å². The first-order valence-electron chi connectivity index (χ1n) is 7.07. The van der Waals surface area contributed by atoms with Gasteiger partial charge in [-0.15, -0.1) is 0 Å². The van der Waals surface area contributed by atoms with E-state index in [0.29, 0.717) is 17.6 Å². The smallest absolute Gasteiger partial charge is 0.308 e. The Labute approximate surface area is 115 Å². The van der Waals surface area contributed by atoms with Gasteiger partial charge in [-0.2, -0.15) is 0 Å². The maximum absolute atomic E-state index is 11.3. The summed E-state index contributed by atoms with van der Waals surface area (Å²) < 4.78 is 5.39. The van der Waals surface area contributed by atoms with Crippen molar-refractivity contribution in [1.29, 1.82) is 0 Å². The number of rotatable bonds is 3. The molecule has 0 N–H and O–H groups in total. The lowest BCUT2D eigenvalue weighted by Gasteiger charge is -2.29. The third-order valence-corrected chi connectivity index (χ3v) is 3.90. The minimum absolute atomic E-state index is 0.254. The Balaban J connectivity index is 2.54. The average molecular weight is 258 g/mol. The average Bonchev–Trinajstić information content (AvgIpc) is 2.35. The van der Waals surface area contributed by atoms with Gasteiger partial charge in [0.15, 0.2) is 0 Å². The van der Waals surface area contributed by atoms with Crippen LogP contribution in [0.5, 0.6) is 5.75 Å². The Kier molecular flexibility index (Phi) is 4.08. The van der Waals surface area contributed by atoms with Crippen LogP contribution in [-0.2, 0) is 4.79 Å². The zero-order chi connectivity index (χ0) is 14.0. The van der Waals surface area contributed by atoms with E-state index in [1.54, 1.807) is 0 Å². The molecule has 2 rings (SSSR count). The zero-order valence-corrected chi connectivity index (χ0v) is 12.2. The minimum atomic E-state index is -0.254. The Morgan fingerprint density at radius 1 is 1.32 bits per heavy atom. The second kappa shape index (κ2) is 5.60. The van der Waals surface area contributed by atoms with Gasteiger partial charge in [0.2, 0.25) is 0 Å². The predicted molar refractivity (Wildman–Crippen MR) is 78.2 cm³/mol. The van der Waals surface area contributed by atoms with E-state index in [1.807, 2.05) is 12.1 Å². The number of ether oxygens (including phenoxy) is 1. The van der Waals surface area contributed by atoms with Crippen LogP contribution in [0.25, 0.3) is 5.57 Å². The standard InChI is InChI=1S/C17H22O2/c1-5-7-14-10-11(2)12(3)15-8-6-9-16(17(14)15)19-13(4)18/h6,8-12H,5,7H2,1-4H3/t11?,12-/m0/s1. The van der Waals surface area contributed by atoms with Crippen LogP contribution in [0.2, 0.25) is 0 Å². The van der Waals surface area contributed by atoms with Crippen molar-refractivity contribution in [3.63, 3.8) is 0 Å². The highest BCUT2D eigenvalue weighted by molar-refractivity contribution is 5.79. The number of benzene rings is 1. The summed E-state index contributed by atoms with van der Waals surface area (Å²) in [5.74, 6) is 1.45. The molecule has 0 saturated heterocycles. The van der Waals surface area contributed by atoms with Crippen molar-refractivity contribution in [3.8, 4) is 5.75 Å². The number of hydrogen-bond acceptors (Lipinski definition) is 2. The summed E-state index contributed by atoms with van der Waals surface area (Å²) in [6.45, 7) is 8.12. The summed E-state index contributed by atoms with van der Waals surface area (Å²) in [6, 6.07) is 6.04. The highest BCUT2D eigenvalue weighted by atomic mass is 16.5. The van der Waals surface area contributed by atoms with Crippen molar-refractivity contribution in [2.75, 3.05) is 0 Å². The molecular weight excluding hydrogens is 236 g/mol. The van der Waals surface area contributed by atoms with E-state index in [0.717, 1.165) is 18.4 Å². The van der Waals surface area contributed by atoms with Crippen molar-refractivity contribution in [2.24, 2.45) is 5.92 Å². The maximum atomic E-state index is 11.3. The first-order valence-corrected chi connectivity index (χ1v) is 7.07. The van der Waals surface area contributed by atoms with Crippen molar-refractivity contribution in [1.82, 2.24) is 0 Å². The van der Waals surface area contributed by atoms with E-state index in [9.17, 15) is 4.79 Å². The summed E-state index contributed by atoms with van der Waals surface area (Å²) in [5.41, 5.74) is 3.77. The number of fused-ring (bicyclic) bond motifs is 1. The lowest BCUT2D eigenvalue weighted by Crippen LogP contribution is -2.14. The maximum Gasteiger partial charge on any atom is 0.308 e. The Hall–Kier alpha value is -1.57. The highest BCUT2D eigenvalue weighted by Gasteiger charge is 2.26. The molecule has 2 heteroatoms. The summed E-state index contributed by atoms with van der Waals surface area (Å²) in [6.07, 6.45) is 4.46. The molecular formula is C17H22O2. The Bertz CT molecular complexity index is 514. The monoisotopic (exact) mass is 258 g/mol. The molecule has 2 atom stereocenters. The molecule has 0 aromatic heterocycles. The SMILES string of the molecule is CCCC1=CC(C)[C@H](C)c2cccc(OC(C)=O)c21. The van der Waals surface area contributed by atoms with Gasteiger partial charge in [-0.05, 0) is 35.5 Å². The number of allylic oxidation sites excluding steroid dienone is 2. The molecule has 0 amide bonds. The van der Waals surface area contributed by atoms with E-state index in [4.69, 9.17) is 4.74 Å². The van der Waals surface area contributed by atoms with Gasteiger partial charge in [0.1, 0.15) is 5.75 Å². The molecule has 1 aliphatic rings. The molecule has 0 fully saturated rings. The summed E-state index contributed by atoms with van der Waals surface area (Å²) in [5, 5.41) is 0. The van der Waals surface area contributed by atoms with Gasteiger partial charge >= 0.3 is 5.97 Å². The summed E-state index contributed by atoms with van der Waals surface area (Å²) >= 11 is 0. The molecule has 0 heterocycles. The fourth-order valence-corrected chi connectivity index (χ4v) is 2.82. The predicted octanol–water partition coefficient (Wildman–Crippen LogP) is 4.55. The molecule has 2 nitrogen and oxygen atoms in total. The van der Waals surface area contributed by atoms with Crippen LogP contribution in [0.15, 0.2) is 24.3 Å². The number of hydrogen-bond donors (Lipinski definition) is 0. The second-order valence-electron chi connectivity index (χ2n) is 5.40. The fraction of sp³-hybridized carbons (Fsp3) is 0.471. The normalized spacial score (nSPS) is 21.6. The van der Waals surface area contributed by atoms with Gasteiger partial charge in [0.05, 0.1) is 0 Å². The van der Waals surface area contributed by atoms with E-state index >= 15 is 0 Å². The molecule has 1 aromatic rings. The van der Waals surface area contributed by atoms with Crippen molar-refractivity contribution < 1.29 is 9.53 Å². The lowest BCUT2D eigenvalue weighted by atomic mass is 9.76. The van der Waals surface area contributed by atoms with Crippen LogP contribution in [0.1, 0.15) is 57.6 Å². The van der Waals surface area contributed by atoms with E-state index in [-0.39, 0.29) is 5.97 Å². The van der Waals surface area contributed by atoms with Crippen molar-refractivity contribution in [2.45, 2.75) is 46.5 Å². The first-order chi connectivity index (χ1) is 9.04. The number of carbonyl (C=O) groups is 1. The van der Waals surface area contributed by atoms with Crippen LogP contribution in [0, 0.1) is 5.92 Å². The highest BCUT2D eigenvalue weighted by Crippen LogP contribution is 2.43. The molecule has 1 unspecified atom stereocenters. The van der Waals surface area contributed by atoms with Gasteiger partial charge < -0.3 is 4.74 Å². The van der Waals surface area contributed by atoms with Gasteiger partial charge in [-0.1, -0.05) is 45.4 Å². The van der Waals surface area contributed by atoms with E-state index in [1.165, 1.54) is 18.1 Å². The third kappa shape index (κ3) is 2.73.